The maximum atomic E-state index is 11.4. The minimum absolute atomic E-state index is 0.145. The number of aliphatic hydroxyl groups excluding tert-OH is 1. The average molecular weight is 229 g/mol. The highest BCUT2D eigenvalue weighted by atomic mass is 16.3. The SMILES string of the molecule is NC(=O)C(O)CNC(=O)NC1CCCCC1. The van der Waals surface area contributed by atoms with Crippen LogP contribution in [0, 0.1) is 0 Å². The molecule has 0 spiro atoms. The van der Waals surface area contributed by atoms with Crippen molar-refractivity contribution in [3.05, 3.63) is 0 Å². The van der Waals surface area contributed by atoms with E-state index >= 15 is 0 Å². The minimum atomic E-state index is -1.32. The van der Waals surface area contributed by atoms with E-state index in [1.54, 1.807) is 0 Å². The Kier molecular flexibility index (Phi) is 5.04. The zero-order chi connectivity index (χ0) is 12.0. The fourth-order valence-corrected chi connectivity index (χ4v) is 1.77. The lowest BCUT2D eigenvalue weighted by Crippen LogP contribution is -2.47. The molecule has 0 aliphatic heterocycles. The first-order chi connectivity index (χ1) is 7.59. The molecule has 1 aliphatic rings. The summed E-state index contributed by atoms with van der Waals surface area (Å²) in [4.78, 5) is 21.9. The fourth-order valence-electron chi connectivity index (χ4n) is 1.77. The number of amides is 3. The van der Waals surface area contributed by atoms with E-state index in [2.05, 4.69) is 10.6 Å². The van der Waals surface area contributed by atoms with Gasteiger partial charge in [-0.25, -0.2) is 4.79 Å². The number of hydrogen-bond donors (Lipinski definition) is 4. The van der Waals surface area contributed by atoms with Gasteiger partial charge in [0.15, 0.2) is 0 Å². The number of nitrogens with one attached hydrogen (secondary N) is 2. The molecule has 3 amide bonds. The predicted octanol–water partition coefficient (Wildman–Crippen LogP) is -0.536. The van der Waals surface area contributed by atoms with Crippen LogP contribution in [0.5, 0.6) is 0 Å². The fraction of sp³-hybridized carbons (Fsp3) is 0.800. The zero-order valence-electron chi connectivity index (χ0n) is 9.24. The summed E-state index contributed by atoms with van der Waals surface area (Å²) < 4.78 is 0. The van der Waals surface area contributed by atoms with E-state index in [9.17, 15) is 9.59 Å². The summed E-state index contributed by atoms with van der Waals surface area (Å²) in [5.74, 6) is -0.835. The van der Waals surface area contributed by atoms with Gasteiger partial charge < -0.3 is 21.5 Å². The van der Waals surface area contributed by atoms with Crippen molar-refractivity contribution in [1.29, 1.82) is 0 Å². The quantitative estimate of drug-likeness (QED) is 0.520. The third-order valence-corrected chi connectivity index (χ3v) is 2.72. The molecule has 1 saturated carbocycles. The number of carbonyl (C=O) groups excluding carboxylic acids is 2. The first kappa shape index (κ1) is 12.8. The number of carbonyl (C=O) groups is 2. The van der Waals surface area contributed by atoms with Gasteiger partial charge in [0.25, 0.3) is 0 Å². The summed E-state index contributed by atoms with van der Waals surface area (Å²) >= 11 is 0. The molecule has 1 aliphatic carbocycles. The van der Waals surface area contributed by atoms with E-state index < -0.39 is 12.0 Å². The summed E-state index contributed by atoms with van der Waals surface area (Å²) in [5.41, 5.74) is 4.85. The van der Waals surface area contributed by atoms with Gasteiger partial charge in [0.1, 0.15) is 6.10 Å². The van der Waals surface area contributed by atoms with Gasteiger partial charge in [-0.3, -0.25) is 4.79 Å². The van der Waals surface area contributed by atoms with Crippen molar-refractivity contribution in [3.63, 3.8) is 0 Å². The minimum Gasteiger partial charge on any atom is -0.381 e. The number of aliphatic hydroxyl groups is 1. The number of rotatable bonds is 4. The Morgan fingerprint density at radius 2 is 1.94 bits per heavy atom. The standard InChI is InChI=1S/C10H19N3O3/c11-9(15)8(14)6-12-10(16)13-7-4-2-1-3-5-7/h7-8,14H,1-6H2,(H2,11,15)(H2,12,13,16). The van der Waals surface area contributed by atoms with Gasteiger partial charge in [0.2, 0.25) is 5.91 Å². The molecule has 5 N–H and O–H groups in total. The highest BCUT2D eigenvalue weighted by Crippen LogP contribution is 2.16. The molecule has 0 heterocycles. The van der Waals surface area contributed by atoms with Crippen LogP contribution in [-0.4, -0.2) is 35.7 Å². The van der Waals surface area contributed by atoms with E-state index in [1.165, 1.54) is 6.42 Å². The molecular formula is C10H19N3O3. The normalized spacial score (nSPS) is 18.8. The van der Waals surface area contributed by atoms with Crippen molar-refractivity contribution in [2.75, 3.05) is 6.54 Å². The Labute approximate surface area is 94.6 Å². The first-order valence-corrected chi connectivity index (χ1v) is 5.61. The average Bonchev–Trinajstić information content (AvgIpc) is 2.27. The van der Waals surface area contributed by atoms with Gasteiger partial charge in [-0.15, -0.1) is 0 Å². The molecule has 92 valence electrons. The van der Waals surface area contributed by atoms with Crippen molar-refractivity contribution >= 4 is 11.9 Å². The number of hydrogen-bond acceptors (Lipinski definition) is 3. The van der Waals surface area contributed by atoms with E-state index in [1.807, 2.05) is 0 Å². The molecule has 0 aromatic carbocycles. The van der Waals surface area contributed by atoms with Crippen LogP contribution >= 0.6 is 0 Å². The van der Waals surface area contributed by atoms with E-state index in [-0.39, 0.29) is 18.6 Å². The Morgan fingerprint density at radius 3 is 2.50 bits per heavy atom. The Morgan fingerprint density at radius 1 is 1.31 bits per heavy atom. The van der Waals surface area contributed by atoms with Crippen molar-refractivity contribution in [1.82, 2.24) is 10.6 Å². The van der Waals surface area contributed by atoms with Crippen LogP contribution < -0.4 is 16.4 Å². The Bertz CT molecular complexity index is 252. The maximum absolute atomic E-state index is 11.4. The molecule has 1 rings (SSSR count). The topological polar surface area (TPSA) is 104 Å². The van der Waals surface area contributed by atoms with Crippen LogP contribution in [0.25, 0.3) is 0 Å². The highest BCUT2D eigenvalue weighted by Gasteiger charge is 2.17. The Balaban J connectivity index is 2.17. The molecule has 1 atom stereocenters. The smallest absolute Gasteiger partial charge is 0.315 e. The summed E-state index contributed by atoms with van der Waals surface area (Å²) in [6, 6.07) is -0.147. The van der Waals surface area contributed by atoms with Gasteiger partial charge >= 0.3 is 6.03 Å². The summed E-state index contributed by atoms with van der Waals surface area (Å²) in [5, 5.41) is 14.3. The summed E-state index contributed by atoms with van der Waals surface area (Å²) in [7, 11) is 0. The van der Waals surface area contributed by atoms with Crippen molar-refractivity contribution in [3.8, 4) is 0 Å². The lowest BCUT2D eigenvalue weighted by molar-refractivity contribution is -0.125. The maximum Gasteiger partial charge on any atom is 0.315 e. The van der Waals surface area contributed by atoms with Crippen LogP contribution in [0.2, 0.25) is 0 Å². The van der Waals surface area contributed by atoms with Crippen LogP contribution in [0.1, 0.15) is 32.1 Å². The number of urea groups is 1. The van der Waals surface area contributed by atoms with E-state index in [0.29, 0.717) is 0 Å². The van der Waals surface area contributed by atoms with E-state index in [4.69, 9.17) is 10.8 Å². The van der Waals surface area contributed by atoms with Crippen LogP contribution in [-0.2, 0) is 4.79 Å². The van der Waals surface area contributed by atoms with Crippen molar-refractivity contribution < 1.29 is 14.7 Å². The second kappa shape index (κ2) is 6.32. The number of primary amides is 1. The molecule has 0 saturated heterocycles. The van der Waals surface area contributed by atoms with Gasteiger partial charge in [-0.2, -0.15) is 0 Å². The second-order valence-corrected chi connectivity index (χ2v) is 4.11. The summed E-state index contributed by atoms with van der Waals surface area (Å²) in [6.45, 7) is -0.145. The zero-order valence-corrected chi connectivity index (χ0v) is 9.24. The monoisotopic (exact) mass is 229 g/mol. The molecule has 16 heavy (non-hydrogen) atoms. The van der Waals surface area contributed by atoms with E-state index in [0.717, 1.165) is 25.7 Å². The predicted molar refractivity (Wildman–Crippen MR) is 58.6 cm³/mol. The molecule has 1 unspecified atom stereocenters. The molecule has 1 fully saturated rings. The largest absolute Gasteiger partial charge is 0.381 e. The molecule has 0 radical (unpaired) electrons. The third-order valence-electron chi connectivity index (χ3n) is 2.72. The van der Waals surface area contributed by atoms with Crippen LogP contribution in [0.4, 0.5) is 4.79 Å². The van der Waals surface area contributed by atoms with Crippen molar-refractivity contribution in [2.45, 2.75) is 44.2 Å². The van der Waals surface area contributed by atoms with Crippen LogP contribution in [0.15, 0.2) is 0 Å². The molecular weight excluding hydrogens is 210 g/mol. The van der Waals surface area contributed by atoms with Gasteiger partial charge in [0, 0.05) is 6.04 Å². The molecule has 6 nitrogen and oxygen atoms in total. The number of nitrogens with two attached hydrogens (primary N) is 1. The lowest BCUT2D eigenvalue weighted by atomic mass is 9.96. The summed E-state index contributed by atoms with van der Waals surface area (Å²) in [6.07, 6.45) is 4.15. The molecule has 0 aromatic heterocycles. The third kappa shape index (κ3) is 4.48. The van der Waals surface area contributed by atoms with Crippen molar-refractivity contribution in [2.24, 2.45) is 5.73 Å². The molecule has 6 heteroatoms. The van der Waals surface area contributed by atoms with Gasteiger partial charge in [0.05, 0.1) is 6.54 Å². The second-order valence-electron chi connectivity index (χ2n) is 4.11. The molecule has 0 aromatic rings. The Hall–Kier alpha value is -1.30. The molecule has 0 bridgehead atoms. The van der Waals surface area contributed by atoms with Gasteiger partial charge in [-0.1, -0.05) is 19.3 Å². The highest BCUT2D eigenvalue weighted by molar-refractivity contribution is 5.80. The van der Waals surface area contributed by atoms with Gasteiger partial charge in [-0.05, 0) is 12.8 Å². The van der Waals surface area contributed by atoms with Crippen LogP contribution in [0.3, 0.4) is 0 Å². The lowest BCUT2D eigenvalue weighted by Gasteiger charge is -2.23. The first-order valence-electron chi connectivity index (χ1n) is 5.61.